The highest BCUT2D eigenvalue weighted by atomic mass is 32.2. The van der Waals surface area contributed by atoms with Gasteiger partial charge in [0, 0.05) is 18.6 Å². The summed E-state index contributed by atoms with van der Waals surface area (Å²) < 4.78 is 32.8. The summed E-state index contributed by atoms with van der Waals surface area (Å²) in [4.78, 5) is 12.6. The van der Waals surface area contributed by atoms with Gasteiger partial charge in [0.1, 0.15) is 4.90 Å². The van der Waals surface area contributed by atoms with E-state index in [-0.39, 0.29) is 23.0 Å². The summed E-state index contributed by atoms with van der Waals surface area (Å²) in [6, 6.07) is 4.46. The van der Waals surface area contributed by atoms with Gasteiger partial charge in [0.25, 0.3) is 10.0 Å². The quantitative estimate of drug-likeness (QED) is 0.909. The summed E-state index contributed by atoms with van der Waals surface area (Å²) in [5.41, 5.74) is 1.08. The molecule has 3 aliphatic rings. The summed E-state index contributed by atoms with van der Waals surface area (Å²) in [6.45, 7) is 2.80. The Kier molecular flexibility index (Phi) is 3.61. The summed E-state index contributed by atoms with van der Waals surface area (Å²) >= 11 is 0. The van der Waals surface area contributed by atoms with Gasteiger partial charge in [-0.25, -0.2) is 17.5 Å². The number of sulfonamides is 1. The van der Waals surface area contributed by atoms with Crippen LogP contribution in [0.2, 0.25) is 0 Å². The molecule has 2 fully saturated rings. The summed E-state index contributed by atoms with van der Waals surface area (Å²) in [7, 11) is -3.81. The smallest absolute Gasteiger partial charge is 0.335 e. The number of carbonyl (C=O) groups excluding carboxylic acids is 1. The standard InChI is InChI=1S/C17H22N2O4S/c1-12-5-6-14-13(10-12)18-16(20)19(24(14,21)22)11-17(7-8-17)15-4-2-3-9-23-15/h5-6,10,15H,2-4,7-9,11H2,1H3,(H,18,20). The lowest BCUT2D eigenvalue weighted by molar-refractivity contribution is -0.0330. The minimum atomic E-state index is -3.81. The van der Waals surface area contributed by atoms with Crippen LogP contribution >= 0.6 is 0 Å². The van der Waals surface area contributed by atoms with Crippen LogP contribution in [0.1, 0.15) is 37.7 Å². The van der Waals surface area contributed by atoms with E-state index in [1.165, 1.54) is 0 Å². The van der Waals surface area contributed by atoms with Crippen molar-refractivity contribution >= 4 is 21.7 Å². The molecule has 0 spiro atoms. The normalized spacial score (nSPS) is 27.3. The average molecular weight is 350 g/mol. The zero-order chi connectivity index (χ0) is 16.9. The Hall–Kier alpha value is -1.60. The summed E-state index contributed by atoms with van der Waals surface area (Å²) in [5.74, 6) is 0. The molecule has 1 aromatic rings. The van der Waals surface area contributed by atoms with Gasteiger partial charge in [-0.2, -0.15) is 0 Å². The molecule has 0 radical (unpaired) electrons. The Morgan fingerprint density at radius 2 is 2.12 bits per heavy atom. The van der Waals surface area contributed by atoms with Crippen LogP contribution in [0.15, 0.2) is 23.1 Å². The molecule has 1 aromatic carbocycles. The van der Waals surface area contributed by atoms with Gasteiger partial charge >= 0.3 is 6.03 Å². The fourth-order valence-corrected chi connectivity index (χ4v) is 5.34. The molecule has 2 aliphatic heterocycles. The van der Waals surface area contributed by atoms with Gasteiger partial charge in [0.05, 0.1) is 11.8 Å². The van der Waals surface area contributed by atoms with Crippen LogP contribution < -0.4 is 5.32 Å². The second-order valence-electron chi connectivity index (χ2n) is 7.16. The van der Waals surface area contributed by atoms with Crippen LogP contribution in [0, 0.1) is 12.3 Å². The molecular formula is C17H22N2O4S. The zero-order valence-corrected chi connectivity index (χ0v) is 14.6. The van der Waals surface area contributed by atoms with Crippen LogP contribution in [-0.2, 0) is 14.8 Å². The maximum Gasteiger partial charge on any atom is 0.335 e. The van der Waals surface area contributed by atoms with Gasteiger partial charge in [0.2, 0.25) is 0 Å². The van der Waals surface area contributed by atoms with Crippen LogP contribution in [0.3, 0.4) is 0 Å². The third-order valence-corrected chi connectivity index (χ3v) is 7.17. The highest BCUT2D eigenvalue weighted by Gasteiger charge is 2.54. The molecule has 0 bridgehead atoms. The molecule has 1 unspecified atom stereocenters. The van der Waals surface area contributed by atoms with E-state index in [2.05, 4.69) is 5.32 Å². The van der Waals surface area contributed by atoms with Crippen molar-refractivity contribution in [3.63, 3.8) is 0 Å². The van der Waals surface area contributed by atoms with E-state index in [0.29, 0.717) is 5.69 Å². The van der Waals surface area contributed by atoms with Crippen molar-refractivity contribution in [2.24, 2.45) is 5.41 Å². The molecule has 130 valence electrons. The lowest BCUT2D eigenvalue weighted by Gasteiger charge is -2.36. The third kappa shape index (κ3) is 2.50. The first-order valence-corrected chi connectivity index (χ1v) is 9.92. The van der Waals surface area contributed by atoms with Crippen LogP contribution in [-0.4, -0.2) is 38.0 Å². The molecule has 1 aliphatic carbocycles. The molecule has 1 saturated carbocycles. The molecule has 7 heteroatoms. The van der Waals surface area contributed by atoms with E-state index in [1.807, 2.05) is 6.92 Å². The third-order valence-electron chi connectivity index (χ3n) is 5.38. The fourth-order valence-electron chi connectivity index (χ4n) is 3.78. The zero-order valence-electron chi connectivity index (χ0n) is 13.7. The lowest BCUT2D eigenvalue weighted by Crippen LogP contribution is -2.49. The monoisotopic (exact) mass is 350 g/mol. The second kappa shape index (κ2) is 5.46. The number of hydrogen-bond donors (Lipinski definition) is 1. The number of carbonyl (C=O) groups is 1. The predicted molar refractivity (Wildman–Crippen MR) is 89.3 cm³/mol. The Morgan fingerprint density at radius 3 is 2.79 bits per heavy atom. The number of benzene rings is 1. The van der Waals surface area contributed by atoms with E-state index in [1.54, 1.807) is 18.2 Å². The van der Waals surface area contributed by atoms with E-state index in [4.69, 9.17) is 4.74 Å². The van der Waals surface area contributed by atoms with Crippen LogP contribution in [0.25, 0.3) is 0 Å². The Labute approximate surface area is 142 Å². The first-order valence-electron chi connectivity index (χ1n) is 8.48. The van der Waals surface area contributed by atoms with E-state index in [0.717, 1.165) is 48.6 Å². The number of aryl methyl sites for hydroxylation is 1. The highest BCUT2D eigenvalue weighted by Crippen LogP contribution is 2.53. The molecule has 1 N–H and O–H groups in total. The molecule has 0 aromatic heterocycles. The van der Waals surface area contributed by atoms with Gasteiger partial charge in [-0.15, -0.1) is 0 Å². The number of ether oxygens (including phenoxy) is 1. The molecule has 1 saturated heterocycles. The minimum Gasteiger partial charge on any atom is -0.378 e. The van der Waals surface area contributed by atoms with Gasteiger partial charge in [-0.05, 0) is 56.7 Å². The SMILES string of the molecule is Cc1ccc2c(c1)NC(=O)N(CC1(C3CCCCO3)CC1)S2(=O)=O. The first kappa shape index (κ1) is 15.9. The molecule has 24 heavy (non-hydrogen) atoms. The number of hydrogen-bond acceptors (Lipinski definition) is 4. The predicted octanol–water partition coefficient (Wildman–Crippen LogP) is 2.88. The number of nitrogens with one attached hydrogen (secondary N) is 1. The van der Waals surface area contributed by atoms with Gasteiger partial charge in [-0.3, -0.25) is 0 Å². The van der Waals surface area contributed by atoms with Crippen molar-refractivity contribution in [2.45, 2.75) is 50.0 Å². The van der Waals surface area contributed by atoms with Crippen molar-refractivity contribution < 1.29 is 17.9 Å². The minimum absolute atomic E-state index is 0.0636. The van der Waals surface area contributed by atoms with Crippen LogP contribution in [0.5, 0.6) is 0 Å². The fraction of sp³-hybridized carbons (Fsp3) is 0.588. The van der Waals surface area contributed by atoms with Crippen molar-refractivity contribution in [1.29, 1.82) is 0 Å². The molecule has 1 atom stereocenters. The van der Waals surface area contributed by atoms with Gasteiger partial charge in [0.15, 0.2) is 0 Å². The average Bonchev–Trinajstić information content (AvgIpc) is 3.33. The Bertz CT molecular complexity index is 780. The second-order valence-corrected chi connectivity index (χ2v) is 8.99. The van der Waals surface area contributed by atoms with Crippen molar-refractivity contribution in [3.05, 3.63) is 23.8 Å². The van der Waals surface area contributed by atoms with Gasteiger partial charge in [-0.1, -0.05) is 6.07 Å². The Morgan fingerprint density at radius 1 is 1.33 bits per heavy atom. The van der Waals surface area contributed by atoms with Crippen molar-refractivity contribution in [2.75, 3.05) is 18.5 Å². The number of amides is 2. The molecule has 4 rings (SSSR count). The van der Waals surface area contributed by atoms with Crippen molar-refractivity contribution in [1.82, 2.24) is 4.31 Å². The van der Waals surface area contributed by atoms with E-state index < -0.39 is 16.1 Å². The van der Waals surface area contributed by atoms with E-state index >= 15 is 0 Å². The first-order chi connectivity index (χ1) is 11.4. The maximum absolute atomic E-state index is 12.9. The molecular weight excluding hydrogens is 328 g/mol. The molecule has 6 nitrogen and oxygen atoms in total. The highest BCUT2D eigenvalue weighted by molar-refractivity contribution is 7.90. The van der Waals surface area contributed by atoms with E-state index in [9.17, 15) is 13.2 Å². The topological polar surface area (TPSA) is 75.7 Å². The molecule has 2 heterocycles. The Balaban J connectivity index is 1.64. The summed E-state index contributed by atoms with van der Waals surface area (Å²) in [5, 5.41) is 2.73. The number of nitrogens with zero attached hydrogens (tertiary/aromatic N) is 1. The number of rotatable bonds is 3. The number of urea groups is 1. The largest absolute Gasteiger partial charge is 0.378 e. The number of anilines is 1. The number of fused-ring (bicyclic) bond motifs is 1. The summed E-state index contributed by atoms with van der Waals surface area (Å²) in [6.07, 6.45) is 5.00. The van der Waals surface area contributed by atoms with Crippen molar-refractivity contribution in [3.8, 4) is 0 Å². The van der Waals surface area contributed by atoms with Gasteiger partial charge < -0.3 is 10.1 Å². The van der Waals surface area contributed by atoms with Crippen LogP contribution in [0.4, 0.5) is 10.5 Å². The maximum atomic E-state index is 12.9. The lowest BCUT2D eigenvalue weighted by atomic mass is 9.92. The molecule has 2 amide bonds.